The Morgan fingerprint density at radius 1 is 1.17 bits per heavy atom. The molecule has 18 heavy (non-hydrogen) atoms. The molecular formula is C14H22F2N2. The molecule has 1 N–H and O–H groups in total. The smallest absolute Gasteiger partial charge is 0.263 e. The van der Waals surface area contributed by atoms with Crippen molar-refractivity contribution in [2.24, 2.45) is 0 Å². The van der Waals surface area contributed by atoms with Crippen LogP contribution in [0.25, 0.3) is 0 Å². The molecule has 0 amide bonds. The Morgan fingerprint density at radius 3 is 2.28 bits per heavy atom. The van der Waals surface area contributed by atoms with Crippen LogP contribution in [0, 0.1) is 0 Å². The maximum absolute atomic E-state index is 12.3. The van der Waals surface area contributed by atoms with Gasteiger partial charge in [0, 0.05) is 31.2 Å². The van der Waals surface area contributed by atoms with Gasteiger partial charge in [0.1, 0.15) is 0 Å². The Labute approximate surface area is 108 Å². The van der Waals surface area contributed by atoms with Gasteiger partial charge >= 0.3 is 0 Å². The van der Waals surface area contributed by atoms with Crippen molar-refractivity contribution in [3.05, 3.63) is 35.4 Å². The Hall–Kier alpha value is -1.00. The monoisotopic (exact) mass is 256 g/mol. The van der Waals surface area contributed by atoms with Crippen LogP contribution in [0.3, 0.4) is 0 Å². The molecule has 1 rings (SSSR count). The summed E-state index contributed by atoms with van der Waals surface area (Å²) in [6, 6.07) is 7.02. The average molecular weight is 256 g/mol. The zero-order valence-corrected chi connectivity index (χ0v) is 11.3. The first kappa shape index (κ1) is 15.1. The highest BCUT2D eigenvalue weighted by Crippen LogP contribution is 2.18. The molecule has 0 saturated heterocycles. The first-order chi connectivity index (χ1) is 8.50. The number of nitrogens with zero attached hydrogens (tertiary/aromatic N) is 1. The second-order valence-electron chi connectivity index (χ2n) is 4.79. The zero-order chi connectivity index (χ0) is 13.5. The Bertz CT molecular complexity index is 336. The Balaban J connectivity index is 2.27. The summed E-state index contributed by atoms with van der Waals surface area (Å²) < 4.78 is 24.7. The van der Waals surface area contributed by atoms with Crippen LogP contribution in [0.15, 0.2) is 24.3 Å². The lowest BCUT2D eigenvalue weighted by Crippen LogP contribution is -2.33. The number of benzene rings is 1. The van der Waals surface area contributed by atoms with Crippen LogP contribution in [0.2, 0.25) is 0 Å². The van der Waals surface area contributed by atoms with Crippen molar-refractivity contribution in [3.8, 4) is 0 Å². The highest BCUT2D eigenvalue weighted by molar-refractivity contribution is 5.23. The van der Waals surface area contributed by atoms with Gasteiger partial charge in [0.25, 0.3) is 6.43 Å². The predicted molar refractivity (Wildman–Crippen MR) is 70.9 cm³/mol. The molecule has 0 aliphatic heterocycles. The molecule has 0 aromatic heterocycles. The molecule has 0 fully saturated rings. The number of hydrogen-bond donors (Lipinski definition) is 1. The molecule has 0 aliphatic rings. The molecule has 4 heteroatoms. The molecule has 0 bridgehead atoms. The van der Waals surface area contributed by atoms with E-state index < -0.39 is 6.43 Å². The van der Waals surface area contributed by atoms with Gasteiger partial charge in [-0.1, -0.05) is 24.3 Å². The molecule has 0 spiro atoms. The number of alkyl halides is 2. The minimum absolute atomic E-state index is 0.0818. The van der Waals surface area contributed by atoms with Gasteiger partial charge in [-0.05, 0) is 26.5 Å². The van der Waals surface area contributed by atoms with Gasteiger partial charge in [0.05, 0.1) is 0 Å². The van der Waals surface area contributed by atoms with E-state index in [0.717, 1.165) is 25.2 Å². The molecular weight excluding hydrogens is 234 g/mol. The van der Waals surface area contributed by atoms with E-state index in [-0.39, 0.29) is 5.56 Å². The van der Waals surface area contributed by atoms with Crippen LogP contribution in [-0.2, 0) is 6.54 Å². The first-order valence-corrected chi connectivity index (χ1v) is 6.28. The van der Waals surface area contributed by atoms with Crippen LogP contribution in [0.4, 0.5) is 8.78 Å². The van der Waals surface area contributed by atoms with Crippen molar-refractivity contribution in [1.82, 2.24) is 10.2 Å². The molecule has 2 nitrogen and oxygen atoms in total. The number of halogens is 2. The number of hydrogen-bond acceptors (Lipinski definition) is 2. The van der Waals surface area contributed by atoms with Gasteiger partial charge in [0.2, 0.25) is 0 Å². The Kier molecular flexibility index (Phi) is 6.22. The first-order valence-electron chi connectivity index (χ1n) is 6.28. The van der Waals surface area contributed by atoms with E-state index in [0.29, 0.717) is 6.04 Å². The zero-order valence-electron chi connectivity index (χ0n) is 11.3. The minimum Gasteiger partial charge on any atom is -0.311 e. The predicted octanol–water partition coefficient (Wildman–Crippen LogP) is 3.05. The van der Waals surface area contributed by atoms with Crippen LogP contribution < -0.4 is 5.32 Å². The van der Waals surface area contributed by atoms with Gasteiger partial charge in [-0.15, -0.1) is 0 Å². The summed E-state index contributed by atoms with van der Waals surface area (Å²) in [4.78, 5) is 2.26. The summed E-state index contributed by atoms with van der Waals surface area (Å²) in [5, 5.41) is 3.31. The molecule has 0 heterocycles. The largest absolute Gasteiger partial charge is 0.311 e. The molecule has 0 radical (unpaired) electrons. The van der Waals surface area contributed by atoms with Gasteiger partial charge in [-0.25, -0.2) is 8.78 Å². The Morgan fingerprint density at radius 2 is 1.78 bits per heavy atom. The van der Waals surface area contributed by atoms with Crippen LogP contribution in [0.1, 0.15) is 31.4 Å². The van der Waals surface area contributed by atoms with E-state index in [1.54, 1.807) is 12.1 Å². The topological polar surface area (TPSA) is 15.3 Å². The standard InChI is InChI=1S/C14H22F2N2/c1-11(2)18(3)9-8-17-10-12-4-6-13(7-5-12)14(15)16/h4-7,11,14,17H,8-10H2,1-3H3. The van der Waals surface area contributed by atoms with E-state index >= 15 is 0 Å². The normalized spacial score (nSPS) is 11.8. The van der Waals surface area contributed by atoms with Gasteiger partial charge < -0.3 is 10.2 Å². The third-order valence-electron chi connectivity index (χ3n) is 3.08. The van der Waals surface area contributed by atoms with E-state index in [1.165, 1.54) is 12.1 Å². The van der Waals surface area contributed by atoms with Crippen LogP contribution in [0.5, 0.6) is 0 Å². The van der Waals surface area contributed by atoms with Gasteiger partial charge in [-0.3, -0.25) is 0 Å². The van der Waals surface area contributed by atoms with Crippen molar-refractivity contribution in [2.75, 3.05) is 20.1 Å². The van der Waals surface area contributed by atoms with Gasteiger partial charge in [0.15, 0.2) is 0 Å². The summed E-state index contributed by atoms with van der Waals surface area (Å²) in [5.41, 5.74) is 1.12. The number of nitrogens with one attached hydrogen (secondary N) is 1. The lowest BCUT2D eigenvalue weighted by atomic mass is 10.1. The molecule has 0 saturated carbocycles. The second kappa shape index (κ2) is 7.44. The lowest BCUT2D eigenvalue weighted by Gasteiger charge is -2.20. The third kappa shape index (κ3) is 5.10. The summed E-state index contributed by atoms with van der Waals surface area (Å²) in [7, 11) is 2.09. The van der Waals surface area contributed by atoms with Crippen LogP contribution >= 0.6 is 0 Å². The van der Waals surface area contributed by atoms with Crippen molar-refractivity contribution < 1.29 is 8.78 Å². The van der Waals surface area contributed by atoms with E-state index in [1.807, 2.05) is 0 Å². The average Bonchev–Trinajstić information content (AvgIpc) is 2.34. The maximum Gasteiger partial charge on any atom is 0.263 e. The number of rotatable bonds is 7. The quantitative estimate of drug-likeness (QED) is 0.754. The highest BCUT2D eigenvalue weighted by Gasteiger charge is 2.05. The van der Waals surface area contributed by atoms with Gasteiger partial charge in [-0.2, -0.15) is 0 Å². The van der Waals surface area contributed by atoms with Crippen molar-refractivity contribution in [3.63, 3.8) is 0 Å². The number of likely N-dealkylation sites (N-methyl/N-ethyl adjacent to an activating group) is 1. The summed E-state index contributed by atoms with van der Waals surface area (Å²) in [6.45, 7) is 6.90. The third-order valence-corrected chi connectivity index (χ3v) is 3.08. The lowest BCUT2D eigenvalue weighted by molar-refractivity contribution is 0.151. The molecule has 1 aromatic carbocycles. The fourth-order valence-corrected chi connectivity index (χ4v) is 1.53. The fraction of sp³-hybridized carbons (Fsp3) is 0.571. The van der Waals surface area contributed by atoms with Crippen LogP contribution in [-0.4, -0.2) is 31.1 Å². The van der Waals surface area contributed by atoms with E-state index in [2.05, 4.69) is 31.1 Å². The molecule has 102 valence electrons. The van der Waals surface area contributed by atoms with E-state index in [9.17, 15) is 8.78 Å². The molecule has 0 atom stereocenters. The summed E-state index contributed by atoms with van der Waals surface area (Å²) >= 11 is 0. The molecule has 0 unspecified atom stereocenters. The molecule has 0 aliphatic carbocycles. The maximum atomic E-state index is 12.3. The van der Waals surface area contributed by atoms with Crippen molar-refractivity contribution in [2.45, 2.75) is 32.9 Å². The van der Waals surface area contributed by atoms with Crippen molar-refractivity contribution in [1.29, 1.82) is 0 Å². The summed E-state index contributed by atoms with van der Waals surface area (Å²) in [5.74, 6) is 0. The fourth-order valence-electron chi connectivity index (χ4n) is 1.53. The highest BCUT2D eigenvalue weighted by atomic mass is 19.3. The SMILES string of the molecule is CC(C)N(C)CCNCc1ccc(C(F)F)cc1. The van der Waals surface area contributed by atoms with Crippen molar-refractivity contribution >= 4 is 0 Å². The van der Waals surface area contributed by atoms with E-state index in [4.69, 9.17) is 0 Å². The summed E-state index contributed by atoms with van der Waals surface area (Å²) in [6.07, 6.45) is -2.38. The second-order valence-corrected chi connectivity index (χ2v) is 4.79. The molecule has 1 aromatic rings. The minimum atomic E-state index is -2.38.